The Balaban J connectivity index is 3.37. The zero-order valence-electron chi connectivity index (χ0n) is 13.5. The van der Waals surface area contributed by atoms with Crippen molar-refractivity contribution in [2.45, 2.75) is 27.7 Å². The fraction of sp³-hybridized carbons (Fsp3) is 0.600. The van der Waals surface area contributed by atoms with Crippen molar-refractivity contribution >= 4 is 33.8 Å². The third kappa shape index (κ3) is 3.75. The number of nitrogens with zero attached hydrogens (tertiary/aromatic N) is 1. The minimum absolute atomic E-state index is 0.0492. The van der Waals surface area contributed by atoms with Crippen LogP contribution < -0.4 is 10.6 Å². The van der Waals surface area contributed by atoms with Gasteiger partial charge in [0.05, 0.1) is 17.7 Å². The quantitative estimate of drug-likeness (QED) is 0.645. The first-order valence-corrected chi connectivity index (χ1v) is 7.78. The molecule has 0 fully saturated rings. The normalized spacial score (nSPS) is 11.0. The van der Waals surface area contributed by atoms with Gasteiger partial charge in [0, 0.05) is 19.5 Å². The van der Waals surface area contributed by atoms with Crippen LogP contribution in [0.4, 0.5) is 10.7 Å². The number of esters is 1. The van der Waals surface area contributed by atoms with Crippen molar-refractivity contribution in [2.75, 3.05) is 31.3 Å². The summed E-state index contributed by atoms with van der Waals surface area (Å²) >= 11 is 1.27. The number of anilines is 2. The average molecular weight is 312 g/mol. The maximum atomic E-state index is 12.2. The average Bonchev–Trinajstić information content (AvgIpc) is 2.73. The molecule has 0 aliphatic carbocycles. The number of ether oxygens (including phenoxy) is 1. The molecule has 6 heteroatoms. The lowest BCUT2D eigenvalue weighted by atomic mass is 10.1. The van der Waals surface area contributed by atoms with Crippen LogP contribution in [0.1, 0.15) is 47.7 Å². The molecule has 1 rings (SSSR count). The summed E-state index contributed by atoms with van der Waals surface area (Å²) in [5.74, 6) is -0.295. The van der Waals surface area contributed by atoms with Crippen LogP contribution in [0.5, 0.6) is 0 Å². The SMILES string of the molecule is COC(=O)c1c(N(C)CC(C)C)sc(C(=O)C(C)C)c1N. The number of methoxy groups -OCH3 is 1. The third-order valence-corrected chi connectivity index (χ3v) is 4.38. The summed E-state index contributed by atoms with van der Waals surface area (Å²) in [7, 11) is 3.21. The second-order valence-electron chi connectivity index (χ2n) is 5.81. The van der Waals surface area contributed by atoms with Gasteiger partial charge in [-0.15, -0.1) is 11.3 Å². The highest BCUT2D eigenvalue weighted by molar-refractivity contribution is 7.19. The van der Waals surface area contributed by atoms with E-state index >= 15 is 0 Å². The maximum absolute atomic E-state index is 12.2. The Morgan fingerprint density at radius 2 is 1.86 bits per heavy atom. The number of thiophene rings is 1. The van der Waals surface area contributed by atoms with Gasteiger partial charge in [-0.25, -0.2) is 4.79 Å². The fourth-order valence-electron chi connectivity index (χ4n) is 2.08. The van der Waals surface area contributed by atoms with Crippen molar-refractivity contribution in [3.05, 3.63) is 10.4 Å². The Kier molecular flexibility index (Phi) is 5.78. The predicted molar refractivity (Wildman–Crippen MR) is 87.3 cm³/mol. The van der Waals surface area contributed by atoms with E-state index in [0.717, 1.165) is 6.54 Å². The Hall–Kier alpha value is -1.56. The summed E-state index contributed by atoms with van der Waals surface area (Å²) < 4.78 is 4.82. The van der Waals surface area contributed by atoms with E-state index in [1.807, 2.05) is 25.8 Å². The van der Waals surface area contributed by atoms with Gasteiger partial charge in [-0.1, -0.05) is 27.7 Å². The Morgan fingerprint density at radius 3 is 2.29 bits per heavy atom. The van der Waals surface area contributed by atoms with E-state index in [1.54, 1.807) is 0 Å². The fourth-order valence-corrected chi connectivity index (χ4v) is 3.34. The highest BCUT2D eigenvalue weighted by Gasteiger charge is 2.28. The number of hydrogen-bond acceptors (Lipinski definition) is 6. The number of nitrogens with two attached hydrogens (primary N) is 1. The van der Waals surface area contributed by atoms with Gasteiger partial charge < -0.3 is 15.4 Å². The molecule has 1 aromatic rings. The molecule has 0 aromatic carbocycles. The standard InChI is InChI=1S/C15H24N2O3S/c1-8(2)7-17(5)14-10(15(19)20-6)11(16)13(21-14)12(18)9(3)4/h8-9H,7,16H2,1-6H3. The molecule has 0 radical (unpaired) electrons. The van der Waals surface area contributed by atoms with Crippen molar-refractivity contribution in [3.8, 4) is 0 Å². The molecule has 0 unspecified atom stereocenters. The molecule has 1 heterocycles. The molecule has 0 atom stereocenters. The third-order valence-electron chi connectivity index (χ3n) is 3.05. The van der Waals surface area contributed by atoms with E-state index in [9.17, 15) is 9.59 Å². The molecule has 2 N–H and O–H groups in total. The molecular weight excluding hydrogens is 288 g/mol. The molecular formula is C15H24N2O3S. The van der Waals surface area contributed by atoms with Gasteiger partial charge in [0.15, 0.2) is 5.78 Å². The van der Waals surface area contributed by atoms with Crippen molar-refractivity contribution in [1.82, 2.24) is 0 Å². The second kappa shape index (κ2) is 6.93. The summed E-state index contributed by atoms with van der Waals surface area (Å²) in [6.45, 7) is 8.57. The van der Waals surface area contributed by atoms with Gasteiger partial charge >= 0.3 is 5.97 Å². The van der Waals surface area contributed by atoms with Crippen LogP contribution in [0.3, 0.4) is 0 Å². The van der Waals surface area contributed by atoms with Gasteiger partial charge in [0.25, 0.3) is 0 Å². The molecule has 0 amide bonds. The van der Waals surface area contributed by atoms with E-state index in [-0.39, 0.29) is 17.4 Å². The molecule has 0 spiro atoms. The summed E-state index contributed by atoms with van der Waals surface area (Å²) in [5, 5.41) is 0.692. The lowest BCUT2D eigenvalue weighted by molar-refractivity contribution is 0.0603. The molecule has 118 valence electrons. The van der Waals surface area contributed by atoms with Crippen LogP contribution in [0.2, 0.25) is 0 Å². The van der Waals surface area contributed by atoms with Gasteiger partial charge in [-0.3, -0.25) is 4.79 Å². The maximum Gasteiger partial charge on any atom is 0.343 e. The second-order valence-corrected chi connectivity index (χ2v) is 6.81. The molecule has 21 heavy (non-hydrogen) atoms. The summed E-state index contributed by atoms with van der Waals surface area (Å²) in [4.78, 5) is 26.7. The van der Waals surface area contributed by atoms with Crippen molar-refractivity contribution in [1.29, 1.82) is 0 Å². The zero-order chi connectivity index (χ0) is 16.3. The number of carbonyl (C=O) groups is 2. The summed E-state index contributed by atoms with van der Waals surface area (Å²) in [5.41, 5.74) is 6.58. The molecule has 0 aliphatic heterocycles. The van der Waals surface area contributed by atoms with E-state index < -0.39 is 5.97 Å². The first-order valence-electron chi connectivity index (χ1n) is 6.96. The van der Waals surface area contributed by atoms with Gasteiger partial charge in [-0.2, -0.15) is 0 Å². The number of rotatable bonds is 6. The monoisotopic (exact) mass is 312 g/mol. The predicted octanol–water partition coefficient (Wildman–Crippen LogP) is 3.05. The highest BCUT2D eigenvalue weighted by atomic mass is 32.1. The van der Waals surface area contributed by atoms with Crippen LogP contribution in [-0.2, 0) is 4.74 Å². The molecule has 0 bridgehead atoms. The Bertz CT molecular complexity index is 535. The van der Waals surface area contributed by atoms with Crippen LogP contribution in [0, 0.1) is 11.8 Å². The molecule has 5 nitrogen and oxygen atoms in total. The number of Topliss-reactive ketones (excluding diaryl/α,β-unsaturated/α-hetero) is 1. The zero-order valence-corrected chi connectivity index (χ0v) is 14.3. The first kappa shape index (κ1) is 17.5. The topological polar surface area (TPSA) is 72.6 Å². The van der Waals surface area contributed by atoms with Crippen molar-refractivity contribution in [3.63, 3.8) is 0 Å². The number of carbonyl (C=O) groups excluding carboxylic acids is 2. The number of ketones is 1. The highest BCUT2D eigenvalue weighted by Crippen LogP contribution is 2.39. The van der Waals surface area contributed by atoms with Crippen LogP contribution in [0.25, 0.3) is 0 Å². The largest absolute Gasteiger partial charge is 0.465 e. The van der Waals surface area contributed by atoms with Gasteiger partial charge in [-0.05, 0) is 5.92 Å². The van der Waals surface area contributed by atoms with Gasteiger partial charge in [0.1, 0.15) is 10.6 Å². The minimum Gasteiger partial charge on any atom is -0.465 e. The molecule has 0 saturated heterocycles. The van der Waals surface area contributed by atoms with E-state index in [0.29, 0.717) is 21.4 Å². The van der Waals surface area contributed by atoms with Crippen molar-refractivity contribution in [2.24, 2.45) is 11.8 Å². The first-order chi connectivity index (χ1) is 9.70. The molecule has 0 saturated carbocycles. The van der Waals surface area contributed by atoms with Crippen molar-refractivity contribution < 1.29 is 14.3 Å². The smallest absolute Gasteiger partial charge is 0.343 e. The number of hydrogen-bond donors (Lipinski definition) is 1. The lowest BCUT2D eigenvalue weighted by Crippen LogP contribution is -2.23. The van der Waals surface area contributed by atoms with Crippen LogP contribution in [0.15, 0.2) is 0 Å². The molecule has 1 aromatic heterocycles. The van der Waals surface area contributed by atoms with Gasteiger partial charge in [0.2, 0.25) is 0 Å². The van der Waals surface area contributed by atoms with E-state index in [1.165, 1.54) is 18.4 Å². The Morgan fingerprint density at radius 1 is 1.29 bits per heavy atom. The lowest BCUT2D eigenvalue weighted by Gasteiger charge is -2.20. The number of nitrogen functional groups attached to an aromatic ring is 1. The van der Waals surface area contributed by atoms with Crippen LogP contribution >= 0.6 is 11.3 Å². The Labute approximate surface area is 130 Å². The van der Waals surface area contributed by atoms with E-state index in [2.05, 4.69) is 13.8 Å². The summed E-state index contributed by atoms with van der Waals surface area (Å²) in [6, 6.07) is 0. The minimum atomic E-state index is -0.503. The van der Waals surface area contributed by atoms with Crippen LogP contribution in [-0.4, -0.2) is 32.5 Å². The molecule has 0 aliphatic rings. The van der Waals surface area contributed by atoms with E-state index in [4.69, 9.17) is 10.5 Å². The summed E-state index contributed by atoms with van der Waals surface area (Å²) in [6.07, 6.45) is 0.